The molecule has 0 aliphatic carbocycles. The molecule has 1 unspecified atom stereocenters. The minimum atomic E-state index is 0.197. The zero-order valence-corrected chi connectivity index (χ0v) is 9.21. The molecule has 0 aromatic carbocycles. The molecule has 3 heteroatoms. The normalized spacial score (nSPS) is 16.2. The third kappa shape index (κ3) is 5.24. The summed E-state index contributed by atoms with van der Waals surface area (Å²) < 4.78 is 5.11. The lowest BCUT2D eigenvalue weighted by Gasteiger charge is -2.26. The van der Waals surface area contributed by atoms with Gasteiger partial charge in [0.2, 0.25) is 0 Å². The zero-order chi connectivity index (χ0) is 10.3. The Morgan fingerprint density at radius 1 is 1.38 bits per heavy atom. The first-order valence-electron chi connectivity index (χ1n) is 5.01. The molecule has 80 valence electrons. The predicted molar refractivity (Wildman–Crippen MR) is 54.8 cm³/mol. The van der Waals surface area contributed by atoms with E-state index >= 15 is 0 Å². The van der Waals surface area contributed by atoms with Crippen LogP contribution in [0.3, 0.4) is 0 Å². The summed E-state index contributed by atoms with van der Waals surface area (Å²) in [6.07, 6.45) is 0.948. The van der Waals surface area contributed by atoms with Crippen molar-refractivity contribution in [3.63, 3.8) is 0 Å². The molecule has 0 heterocycles. The van der Waals surface area contributed by atoms with Crippen molar-refractivity contribution in [3.05, 3.63) is 0 Å². The summed E-state index contributed by atoms with van der Waals surface area (Å²) in [6, 6.07) is 0.532. The molecule has 3 nitrogen and oxygen atoms in total. The highest BCUT2D eigenvalue weighted by Gasteiger charge is 2.16. The fourth-order valence-corrected chi connectivity index (χ4v) is 1.21. The summed E-state index contributed by atoms with van der Waals surface area (Å²) >= 11 is 0. The summed E-state index contributed by atoms with van der Waals surface area (Å²) in [5.74, 6) is 0.528. The maximum absolute atomic E-state index is 9.02. The first-order chi connectivity index (χ1) is 6.15. The highest BCUT2D eigenvalue weighted by atomic mass is 16.5. The van der Waals surface area contributed by atoms with E-state index in [1.807, 2.05) is 0 Å². The Balaban J connectivity index is 3.91. The molecule has 0 aromatic heterocycles. The second kappa shape index (κ2) is 7.30. The largest absolute Gasteiger partial charge is 0.395 e. The molecule has 0 radical (unpaired) electrons. The van der Waals surface area contributed by atoms with Crippen LogP contribution >= 0.6 is 0 Å². The Morgan fingerprint density at radius 2 is 2.00 bits per heavy atom. The van der Waals surface area contributed by atoms with E-state index in [-0.39, 0.29) is 12.6 Å². The average molecular weight is 189 g/mol. The van der Waals surface area contributed by atoms with Gasteiger partial charge in [-0.15, -0.1) is 0 Å². The topological polar surface area (TPSA) is 41.5 Å². The van der Waals surface area contributed by atoms with Gasteiger partial charge in [0.15, 0.2) is 0 Å². The van der Waals surface area contributed by atoms with Crippen LogP contribution in [0.2, 0.25) is 0 Å². The maximum Gasteiger partial charge on any atom is 0.0618 e. The van der Waals surface area contributed by atoms with Crippen LogP contribution in [-0.4, -0.2) is 37.5 Å². The van der Waals surface area contributed by atoms with E-state index in [9.17, 15) is 0 Å². The van der Waals surface area contributed by atoms with E-state index < -0.39 is 0 Å². The smallest absolute Gasteiger partial charge is 0.0618 e. The average Bonchev–Trinajstić information content (AvgIpc) is 2.11. The van der Waals surface area contributed by atoms with Crippen LogP contribution in [0.25, 0.3) is 0 Å². The van der Waals surface area contributed by atoms with Crippen molar-refractivity contribution in [2.45, 2.75) is 39.3 Å². The molecule has 0 rings (SSSR count). The SMILES string of the molecule is CC[C@H](CO)NC(COC)C(C)C. The Kier molecular flexibility index (Phi) is 7.23. The predicted octanol–water partition coefficient (Wildman–Crippen LogP) is 1.02. The lowest BCUT2D eigenvalue weighted by Crippen LogP contribution is -2.45. The fraction of sp³-hybridized carbons (Fsp3) is 1.00. The Morgan fingerprint density at radius 3 is 2.31 bits per heavy atom. The van der Waals surface area contributed by atoms with E-state index in [0.29, 0.717) is 18.6 Å². The molecular weight excluding hydrogens is 166 g/mol. The standard InChI is InChI=1S/C10H23NO2/c1-5-9(6-12)11-10(7-13-4)8(2)3/h8-12H,5-7H2,1-4H3/t9-,10?/m1/s1. The molecule has 0 aliphatic heterocycles. The molecule has 2 atom stereocenters. The van der Waals surface area contributed by atoms with Gasteiger partial charge in [0.1, 0.15) is 0 Å². The molecule has 0 aromatic rings. The lowest BCUT2D eigenvalue weighted by atomic mass is 10.0. The molecule has 0 saturated carbocycles. The first-order valence-corrected chi connectivity index (χ1v) is 5.01. The van der Waals surface area contributed by atoms with Gasteiger partial charge in [0.05, 0.1) is 13.2 Å². The van der Waals surface area contributed by atoms with Gasteiger partial charge in [-0.3, -0.25) is 0 Å². The number of nitrogens with one attached hydrogen (secondary N) is 1. The summed E-state index contributed by atoms with van der Waals surface area (Å²) in [6.45, 7) is 7.28. The molecule has 0 fully saturated rings. The van der Waals surface area contributed by atoms with Crippen molar-refractivity contribution in [2.75, 3.05) is 20.3 Å². The van der Waals surface area contributed by atoms with Gasteiger partial charge < -0.3 is 15.2 Å². The van der Waals surface area contributed by atoms with Crippen molar-refractivity contribution in [2.24, 2.45) is 5.92 Å². The Labute approximate surface area is 81.5 Å². The van der Waals surface area contributed by atoms with Gasteiger partial charge >= 0.3 is 0 Å². The van der Waals surface area contributed by atoms with Crippen LogP contribution in [0.1, 0.15) is 27.2 Å². The Hall–Kier alpha value is -0.120. The number of methoxy groups -OCH3 is 1. The summed E-state index contributed by atoms with van der Waals surface area (Å²) in [4.78, 5) is 0. The molecule has 2 N–H and O–H groups in total. The first kappa shape index (κ1) is 12.9. The highest BCUT2D eigenvalue weighted by molar-refractivity contribution is 4.75. The number of hydrogen-bond acceptors (Lipinski definition) is 3. The Bertz CT molecular complexity index is 113. The zero-order valence-electron chi connectivity index (χ0n) is 9.21. The number of hydrogen-bond donors (Lipinski definition) is 2. The van der Waals surface area contributed by atoms with Gasteiger partial charge in [-0.2, -0.15) is 0 Å². The molecule has 13 heavy (non-hydrogen) atoms. The molecular formula is C10H23NO2. The van der Waals surface area contributed by atoms with Gasteiger partial charge in [0.25, 0.3) is 0 Å². The minimum Gasteiger partial charge on any atom is -0.395 e. The monoisotopic (exact) mass is 189 g/mol. The van der Waals surface area contributed by atoms with E-state index in [4.69, 9.17) is 9.84 Å². The van der Waals surface area contributed by atoms with E-state index in [1.54, 1.807) is 7.11 Å². The van der Waals surface area contributed by atoms with Gasteiger partial charge in [-0.25, -0.2) is 0 Å². The third-order valence-corrected chi connectivity index (χ3v) is 2.31. The number of rotatable bonds is 7. The number of aliphatic hydroxyl groups excluding tert-OH is 1. The summed E-state index contributed by atoms with van der Waals surface area (Å²) in [5.41, 5.74) is 0. The van der Waals surface area contributed by atoms with Crippen LogP contribution in [0.15, 0.2) is 0 Å². The molecule has 0 bridgehead atoms. The lowest BCUT2D eigenvalue weighted by molar-refractivity contribution is 0.128. The van der Waals surface area contributed by atoms with Crippen LogP contribution in [0.5, 0.6) is 0 Å². The summed E-state index contributed by atoms with van der Waals surface area (Å²) in [7, 11) is 1.71. The van der Waals surface area contributed by atoms with Crippen LogP contribution in [0, 0.1) is 5.92 Å². The van der Waals surface area contributed by atoms with Gasteiger partial charge in [0, 0.05) is 19.2 Å². The van der Waals surface area contributed by atoms with Crippen molar-refractivity contribution in [1.29, 1.82) is 0 Å². The summed E-state index contributed by atoms with van der Waals surface area (Å²) in [5, 5.41) is 12.4. The van der Waals surface area contributed by atoms with E-state index in [1.165, 1.54) is 0 Å². The van der Waals surface area contributed by atoms with Crippen molar-refractivity contribution >= 4 is 0 Å². The van der Waals surface area contributed by atoms with Gasteiger partial charge in [-0.05, 0) is 12.3 Å². The molecule has 0 saturated heterocycles. The van der Waals surface area contributed by atoms with Crippen LogP contribution in [-0.2, 0) is 4.74 Å². The minimum absolute atomic E-state index is 0.197. The molecule has 0 spiro atoms. The number of aliphatic hydroxyl groups is 1. The second-order valence-corrected chi connectivity index (χ2v) is 3.76. The second-order valence-electron chi connectivity index (χ2n) is 3.76. The fourth-order valence-electron chi connectivity index (χ4n) is 1.21. The van der Waals surface area contributed by atoms with Crippen molar-refractivity contribution in [1.82, 2.24) is 5.32 Å². The molecule has 0 amide bonds. The third-order valence-electron chi connectivity index (χ3n) is 2.31. The highest BCUT2D eigenvalue weighted by Crippen LogP contribution is 2.04. The van der Waals surface area contributed by atoms with Crippen LogP contribution in [0.4, 0.5) is 0 Å². The van der Waals surface area contributed by atoms with E-state index in [2.05, 4.69) is 26.1 Å². The maximum atomic E-state index is 9.02. The van der Waals surface area contributed by atoms with Crippen LogP contribution < -0.4 is 5.32 Å². The number of ether oxygens (including phenoxy) is 1. The van der Waals surface area contributed by atoms with Crippen molar-refractivity contribution in [3.8, 4) is 0 Å². The van der Waals surface area contributed by atoms with Crippen molar-refractivity contribution < 1.29 is 9.84 Å². The molecule has 0 aliphatic rings. The van der Waals surface area contributed by atoms with Gasteiger partial charge in [-0.1, -0.05) is 20.8 Å². The van der Waals surface area contributed by atoms with E-state index in [0.717, 1.165) is 6.42 Å². The quantitative estimate of drug-likeness (QED) is 0.628.